The summed E-state index contributed by atoms with van der Waals surface area (Å²) in [5, 5.41) is 0.141. The molecule has 0 radical (unpaired) electrons. The molecule has 2 aromatic carbocycles. The number of carbonyl (C=O) groups excluding carboxylic acids is 1. The van der Waals surface area contributed by atoms with Crippen LogP contribution in [0.25, 0.3) is 0 Å². The monoisotopic (exact) mass is 422 g/mol. The van der Waals surface area contributed by atoms with Gasteiger partial charge in [0.05, 0.1) is 22.6 Å². The minimum atomic E-state index is -3.81. The summed E-state index contributed by atoms with van der Waals surface area (Å²) in [5.74, 6) is -0.682. The van der Waals surface area contributed by atoms with Gasteiger partial charge in [-0.3, -0.25) is 4.90 Å². The first-order valence-corrected chi connectivity index (χ1v) is 10.9. The molecule has 0 saturated carbocycles. The summed E-state index contributed by atoms with van der Waals surface area (Å²) in [5.41, 5.74) is 2.06. The maximum Gasteiger partial charge on any atom is 0.339 e. The Morgan fingerprint density at radius 2 is 1.82 bits per heavy atom. The largest absolute Gasteiger partial charge is 0.465 e. The molecule has 0 aliphatic carbocycles. The minimum absolute atomic E-state index is 0.0153. The Kier molecular flexibility index (Phi) is 6.72. The second kappa shape index (κ2) is 9.05. The summed E-state index contributed by atoms with van der Waals surface area (Å²) in [6.45, 7) is 3.12. The molecule has 8 heteroatoms. The maximum atomic E-state index is 12.7. The van der Waals surface area contributed by atoms with E-state index in [2.05, 4.69) is 14.4 Å². The number of carbonyl (C=O) groups is 1. The molecule has 1 aliphatic heterocycles. The SMILES string of the molecule is COC(=O)c1cc(S(=O)(=O)NCc2ccccc2CN2CCCC2)ccc1Cl. The summed E-state index contributed by atoms with van der Waals surface area (Å²) in [6.07, 6.45) is 2.40. The Morgan fingerprint density at radius 1 is 1.14 bits per heavy atom. The smallest absolute Gasteiger partial charge is 0.339 e. The third-order valence-corrected chi connectivity index (χ3v) is 6.55. The van der Waals surface area contributed by atoms with E-state index in [4.69, 9.17) is 11.6 Å². The van der Waals surface area contributed by atoms with E-state index in [0.717, 1.165) is 30.8 Å². The molecular formula is C20H23ClN2O4S. The normalized spacial score (nSPS) is 14.9. The molecule has 1 N–H and O–H groups in total. The third kappa shape index (κ3) is 4.91. The molecule has 1 heterocycles. The van der Waals surface area contributed by atoms with Gasteiger partial charge in [0.1, 0.15) is 0 Å². The van der Waals surface area contributed by atoms with Crippen LogP contribution in [-0.4, -0.2) is 39.5 Å². The average molecular weight is 423 g/mol. The fourth-order valence-electron chi connectivity index (χ4n) is 3.26. The average Bonchev–Trinajstić information content (AvgIpc) is 3.20. The third-order valence-electron chi connectivity index (χ3n) is 4.82. The number of rotatable bonds is 7. The highest BCUT2D eigenvalue weighted by Gasteiger charge is 2.20. The number of esters is 1. The maximum absolute atomic E-state index is 12.7. The van der Waals surface area contributed by atoms with E-state index in [0.29, 0.717) is 0 Å². The second-order valence-corrected chi connectivity index (χ2v) is 8.88. The number of hydrogen-bond acceptors (Lipinski definition) is 5. The molecule has 0 amide bonds. The van der Waals surface area contributed by atoms with Crippen molar-refractivity contribution in [2.75, 3.05) is 20.2 Å². The van der Waals surface area contributed by atoms with Gasteiger partial charge in [0, 0.05) is 13.1 Å². The number of likely N-dealkylation sites (tertiary alicyclic amines) is 1. The second-order valence-electron chi connectivity index (χ2n) is 6.71. The van der Waals surface area contributed by atoms with Crippen LogP contribution < -0.4 is 4.72 Å². The van der Waals surface area contributed by atoms with Crippen molar-refractivity contribution in [3.05, 3.63) is 64.2 Å². The Hall–Kier alpha value is -1.93. The summed E-state index contributed by atoms with van der Waals surface area (Å²) in [6, 6.07) is 11.8. The van der Waals surface area contributed by atoms with E-state index < -0.39 is 16.0 Å². The van der Waals surface area contributed by atoms with E-state index >= 15 is 0 Å². The molecule has 3 rings (SSSR count). The standard InChI is InChI=1S/C20H23ClN2O4S/c1-27-20(24)18-12-17(8-9-19(18)21)28(25,26)22-13-15-6-2-3-7-16(15)14-23-10-4-5-11-23/h2-3,6-9,12,22H,4-5,10-11,13-14H2,1H3. The summed E-state index contributed by atoms with van der Waals surface area (Å²) >= 11 is 5.97. The quantitative estimate of drug-likeness (QED) is 0.693. The number of nitrogens with zero attached hydrogens (tertiary/aromatic N) is 1. The molecule has 0 atom stereocenters. The van der Waals surface area contributed by atoms with Crippen molar-refractivity contribution in [1.29, 1.82) is 0 Å². The highest BCUT2D eigenvalue weighted by atomic mass is 35.5. The van der Waals surface area contributed by atoms with Crippen molar-refractivity contribution in [1.82, 2.24) is 9.62 Å². The van der Waals surface area contributed by atoms with Crippen molar-refractivity contribution >= 4 is 27.6 Å². The summed E-state index contributed by atoms with van der Waals surface area (Å²) in [7, 11) is -2.60. The van der Waals surface area contributed by atoms with Crippen LogP contribution in [0.4, 0.5) is 0 Å². The lowest BCUT2D eigenvalue weighted by molar-refractivity contribution is 0.0600. The molecule has 1 fully saturated rings. The van der Waals surface area contributed by atoms with Crippen LogP contribution >= 0.6 is 11.6 Å². The fourth-order valence-corrected chi connectivity index (χ4v) is 4.49. The first kappa shape index (κ1) is 20.8. The Bertz CT molecular complexity index is 956. The molecule has 150 valence electrons. The first-order valence-electron chi connectivity index (χ1n) is 9.07. The Balaban J connectivity index is 1.76. The number of methoxy groups -OCH3 is 1. The minimum Gasteiger partial charge on any atom is -0.465 e. The van der Waals surface area contributed by atoms with Gasteiger partial charge in [-0.1, -0.05) is 35.9 Å². The van der Waals surface area contributed by atoms with Gasteiger partial charge in [0.15, 0.2) is 0 Å². The predicted octanol–water partition coefficient (Wildman–Crippen LogP) is 3.20. The van der Waals surface area contributed by atoms with Crippen LogP contribution in [0.15, 0.2) is 47.4 Å². The molecule has 0 spiro atoms. The number of nitrogens with one attached hydrogen (secondary N) is 1. The Morgan fingerprint density at radius 3 is 2.50 bits per heavy atom. The fraction of sp³-hybridized carbons (Fsp3) is 0.350. The van der Waals surface area contributed by atoms with Crippen LogP contribution in [0.1, 0.15) is 34.3 Å². The Labute approximate surface area is 170 Å². The van der Waals surface area contributed by atoms with Gasteiger partial charge in [-0.05, 0) is 55.3 Å². The molecule has 1 aliphatic rings. The van der Waals surface area contributed by atoms with Crippen molar-refractivity contribution in [2.24, 2.45) is 0 Å². The van der Waals surface area contributed by atoms with Crippen molar-refractivity contribution in [2.45, 2.75) is 30.8 Å². The highest BCUT2D eigenvalue weighted by Crippen LogP contribution is 2.22. The zero-order chi connectivity index (χ0) is 20.1. The zero-order valence-corrected chi connectivity index (χ0v) is 17.2. The lowest BCUT2D eigenvalue weighted by Crippen LogP contribution is -2.25. The molecule has 1 saturated heterocycles. The summed E-state index contributed by atoms with van der Waals surface area (Å²) < 4.78 is 32.7. The van der Waals surface area contributed by atoms with Gasteiger partial charge in [0.25, 0.3) is 0 Å². The number of hydrogen-bond donors (Lipinski definition) is 1. The van der Waals surface area contributed by atoms with Gasteiger partial charge in [-0.15, -0.1) is 0 Å². The molecule has 28 heavy (non-hydrogen) atoms. The predicted molar refractivity (Wildman–Crippen MR) is 108 cm³/mol. The number of halogens is 1. The molecule has 0 bridgehead atoms. The van der Waals surface area contributed by atoms with Crippen LogP contribution in [-0.2, 0) is 27.8 Å². The van der Waals surface area contributed by atoms with Gasteiger partial charge >= 0.3 is 5.97 Å². The first-order chi connectivity index (χ1) is 13.4. The highest BCUT2D eigenvalue weighted by molar-refractivity contribution is 7.89. The van der Waals surface area contributed by atoms with Crippen molar-refractivity contribution in [3.8, 4) is 0 Å². The summed E-state index contributed by atoms with van der Waals surface area (Å²) in [4.78, 5) is 14.1. The van der Waals surface area contributed by atoms with Crippen molar-refractivity contribution < 1.29 is 17.9 Å². The van der Waals surface area contributed by atoms with Gasteiger partial charge in [-0.2, -0.15) is 0 Å². The van der Waals surface area contributed by atoms with Gasteiger partial charge in [0.2, 0.25) is 10.0 Å². The number of sulfonamides is 1. The molecular weight excluding hydrogens is 400 g/mol. The lowest BCUT2D eigenvalue weighted by Gasteiger charge is -2.18. The van der Waals surface area contributed by atoms with Gasteiger partial charge < -0.3 is 4.74 Å². The van der Waals surface area contributed by atoms with E-state index in [9.17, 15) is 13.2 Å². The topological polar surface area (TPSA) is 75.7 Å². The van der Waals surface area contributed by atoms with Crippen LogP contribution in [0.2, 0.25) is 5.02 Å². The molecule has 2 aromatic rings. The van der Waals surface area contributed by atoms with E-state index in [-0.39, 0.29) is 22.0 Å². The van der Waals surface area contributed by atoms with Crippen LogP contribution in [0.5, 0.6) is 0 Å². The van der Waals surface area contributed by atoms with E-state index in [1.54, 1.807) is 0 Å². The molecule has 0 unspecified atom stereocenters. The van der Waals surface area contributed by atoms with Crippen LogP contribution in [0.3, 0.4) is 0 Å². The molecule has 0 aromatic heterocycles. The number of benzene rings is 2. The van der Waals surface area contributed by atoms with Crippen molar-refractivity contribution in [3.63, 3.8) is 0 Å². The number of ether oxygens (including phenoxy) is 1. The lowest BCUT2D eigenvalue weighted by atomic mass is 10.1. The van der Waals surface area contributed by atoms with Crippen LogP contribution in [0, 0.1) is 0 Å². The van der Waals surface area contributed by atoms with E-state index in [1.807, 2.05) is 24.3 Å². The molecule has 6 nitrogen and oxygen atoms in total. The van der Waals surface area contributed by atoms with E-state index in [1.165, 1.54) is 38.2 Å². The zero-order valence-electron chi connectivity index (χ0n) is 15.7. The van der Waals surface area contributed by atoms with Gasteiger partial charge in [-0.25, -0.2) is 17.9 Å².